The first-order chi connectivity index (χ1) is 10.3. The third-order valence-corrected chi connectivity index (χ3v) is 3.88. The van der Waals surface area contributed by atoms with Crippen LogP contribution in [0.25, 0.3) is 0 Å². The number of primary sulfonamides is 1. The lowest BCUT2D eigenvalue weighted by molar-refractivity contribution is -0.385. The number of benzene rings is 2. The summed E-state index contributed by atoms with van der Waals surface area (Å²) in [7, 11) is -4.15. The number of nitrogens with zero attached hydrogens (tertiary/aromatic N) is 1. The Morgan fingerprint density at radius 2 is 1.86 bits per heavy atom. The highest BCUT2D eigenvalue weighted by molar-refractivity contribution is 7.89. The van der Waals surface area contributed by atoms with Gasteiger partial charge in [-0.1, -0.05) is 30.3 Å². The van der Waals surface area contributed by atoms with Crippen LogP contribution in [0, 0.1) is 17.0 Å². The van der Waals surface area contributed by atoms with Gasteiger partial charge in [0.25, 0.3) is 5.69 Å². The number of ether oxygens (including phenoxy) is 1. The molecule has 0 heterocycles. The summed E-state index contributed by atoms with van der Waals surface area (Å²) in [6.07, 6.45) is 0. The second-order valence-corrected chi connectivity index (χ2v) is 6.20. The van der Waals surface area contributed by atoms with Crippen molar-refractivity contribution < 1.29 is 18.1 Å². The molecule has 2 aromatic rings. The van der Waals surface area contributed by atoms with Crippen molar-refractivity contribution in [1.29, 1.82) is 0 Å². The van der Waals surface area contributed by atoms with Gasteiger partial charge in [-0.15, -0.1) is 0 Å². The van der Waals surface area contributed by atoms with Crippen molar-refractivity contribution in [2.75, 3.05) is 0 Å². The summed E-state index contributed by atoms with van der Waals surface area (Å²) in [5, 5.41) is 16.0. The Balaban J connectivity index is 2.43. The lowest BCUT2D eigenvalue weighted by atomic mass is 10.2. The van der Waals surface area contributed by atoms with Gasteiger partial charge in [0.1, 0.15) is 17.3 Å². The van der Waals surface area contributed by atoms with E-state index in [9.17, 15) is 18.5 Å². The molecule has 0 spiro atoms. The molecule has 2 aromatic carbocycles. The minimum Gasteiger partial charge on any atom is -0.487 e. The number of aryl methyl sites for hydroxylation is 1. The summed E-state index contributed by atoms with van der Waals surface area (Å²) >= 11 is 0. The number of nitro groups is 1. The second-order valence-electron chi connectivity index (χ2n) is 4.67. The first kappa shape index (κ1) is 15.9. The first-order valence-corrected chi connectivity index (χ1v) is 7.82. The van der Waals surface area contributed by atoms with Crippen LogP contribution in [-0.4, -0.2) is 13.3 Å². The topological polar surface area (TPSA) is 113 Å². The van der Waals surface area contributed by atoms with Crippen LogP contribution in [-0.2, 0) is 16.6 Å². The summed E-state index contributed by atoms with van der Waals surface area (Å²) in [5.74, 6) is 0.0250. The van der Waals surface area contributed by atoms with Gasteiger partial charge in [0, 0.05) is 12.1 Å². The summed E-state index contributed by atoms with van der Waals surface area (Å²) in [6.45, 7) is 1.66. The standard InChI is InChI=1S/C14H14N2O5S/c1-10-7-12(16(17)18)8-13(22(15,19)20)14(10)21-9-11-5-3-2-4-6-11/h2-8H,9H2,1H3,(H2,15,19,20). The molecular formula is C14H14N2O5S. The molecule has 0 amide bonds. The Kier molecular flexibility index (Phi) is 4.43. The summed E-state index contributed by atoms with van der Waals surface area (Å²) in [4.78, 5) is 9.78. The Morgan fingerprint density at radius 3 is 2.41 bits per heavy atom. The number of sulfonamides is 1. The second kappa shape index (κ2) is 6.12. The zero-order chi connectivity index (χ0) is 16.3. The quantitative estimate of drug-likeness (QED) is 0.669. The maximum absolute atomic E-state index is 11.7. The maximum atomic E-state index is 11.7. The highest BCUT2D eigenvalue weighted by Gasteiger charge is 2.22. The normalized spacial score (nSPS) is 11.2. The van der Waals surface area contributed by atoms with Gasteiger partial charge < -0.3 is 4.74 Å². The molecular weight excluding hydrogens is 308 g/mol. The summed E-state index contributed by atoms with van der Waals surface area (Å²) in [6, 6.07) is 11.3. The average molecular weight is 322 g/mol. The van der Waals surface area contributed by atoms with Crippen LogP contribution >= 0.6 is 0 Å². The van der Waals surface area contributed by atoms with Crippen LogP contribution in [0.15, 0.2) is 47.4 Å². The Hall–Kier alpha value is -2.45. The first-order valence-electron chi connectivity index (χ1n) is 6.27. The smallest absolute Gasteiger partial charge is 0.271 e. The van der Waals surface area contributed by atoms with Crippen molar-refractivity contribution in [2.24, 2.45) is 5.14 Å². The van der Waals surface area contributed by atoms with Crippen molar-refractivity contribution in [2.45, 2.75) is 18.4 Å². The molecule has 0 aliphatic heterocycles. The van der Waals surface area contributed by atoms with Gasteiger partial charge in [-0.05, 0) is 18.1 Å². The van der Waals surface area contributed by atoms with E-state index >= 15 is 0 Å². The Morgan fingerprint density at radius 1 is 1.23 bits per heavy atom. The van der Waals surface area contributed by atoms with E-state index in [0.29, 0.717) is 5.56 Å². The average Bonchev–Trinajstić information content (AvgIpc) is 2.45. The molecule has 116 valence electrons. The van der Waals surface area contributed by atoms with Crippen molar-refractivity contribution in [3.8, 4) is 5.75 Å². The fraction of sp³-hybridized carbons (Fsp3) is 0.143. The molecule has 7 nitrogen and oxygen atoms in total. The maximum Gasteiger partial charge on any atom is 0.271 e. The number of hydrogen-bond donors (Lipinski definition) is 1. The van der Waals surface area contributed by atoms with E-state index in [2.05, 4.69) is 0 Å². The predicted octanol–water partition coefficient (Wildman–Crippen LogP) is 2.13. The monoisotopic (exact) mass is 322 g/mol. The SMILES string of the molecule is Cc1cc([N+](=O)[O-])cc(S(N)(=O)=O)c1OCc1ccccc1. The number of hydrogen-bond acceptors (Lipinski definition) is 5. The fourth-order valence-electron chi connectivity index (χ4n) is 1.95. The largest absolute Gasteiger partial charge is 0.487 e. The van der Waals surface area contributed by atoms with Crippen molar-refractivity contribution in [3.63, 3.8) is 0 Å². The van der Waals surface area contributed by atoms with E-state index in [4.69, 9.17) is 9.88 Å². The molecule has 8 heteroatoms. The van der Waals surface area contributed by atoms with Gasteiger partial charge in [-0.2, -0.15) is 0 Å². The molecule has 0 saturated carbocycles. The van der Waals surface area contributed by atoms with Gasteiger partial charge >= 0.3 is 0 Å². The fourth-order valence-corrected chi connectivity index (χ4v) is 2.72. The third kappa shape index (κ3) is 3.60. The molecule has 2 N–H and O–H groups in total. The van der Waals surface area contributed by atoms with Crippen LogP contribution in [0.3, 0.4) is 0 Å². The molecule has 0 radical (unpaired) electrons. The number of nitro benzene ring substituents is 1. The van der Waals surface area contributed by atoms with Gasteiger partial charge in [0.15, 0.2) is 0 Å². The molecule has 0 unspecified atom stereocenters. The summed E-state index contributed by atoms with van der Waals surface area (Å²) in [5.41, 5.74) is 0.809. The van der Waals surface area contributed by atoms with Crippen LogP contribution in [0.2, 0.25) is 0 Å². The minimum atomic E-state index is -4.15. The van der Waals surface area contributed by atoms with E-state index < -0.39 is 19.8 Å². The van der Waals surface area contributed by atoms with Gasteiger partial charge in [-0.25, -0.2) is 13.6 Å². The zero-order valence-electron chi connectivity index (χ0n) is 11.7. The van der Waals surface area contributed by atoms with Gasteiger partial charge in [0.05, 0.1) is 4.92 Å². The van der Waals surface area contributed by atoms with Crippen LogP contribution in [0.5, 0.6) is 5.75 Å². The van der Waals surface area contributed by atoms with Crippen molar-refractivity contribution in [3.05, 3.63) is 63.7 Å². The molecule has 0 bridgehead atoms. The van der Waals surface area contributed by atoms with E-state index in [1.165, 1.54) is 13.0 Å². The molecule has 0 aromatic heterocycles. The molecule has 0 saturated heterocycles. The van der Waals surface area contributed by atoms with Crippen LogP contribution in [0.1, 0.15) is 11.1 Å². The van der Waals surface area contributed by atoms with Crippen molar-refractivity contribution in [1.82, 2.24) is 0 Å². The van der Waals surface area contributed by atoms with Crippen molar-refractivity contribution >= 4 is 15.7 Å². The molecule has 0 aliphatic carbocycles. The highest BCUT2D eigenvalue weighted by Crippen LogP contribution is 2.32. The van der Waals surface area contributed by atoms with E-state index in [1.54, 1.807) is 0 Å². The Bertz CT molecular complexity index is 803. The van der Waals surface area contributed by atoms with Gasteiger partial charge in [-0.3, -0.25) is 10.1 Å². The molecule has 22 heavy (non-hydrogen) atoms. The third-order valence-electron chi connectivity index (χ3n) is 2.97. The summed E-state index contributed by atoms with van der Waals surface area (Å²) < 4.78 is 28.9. The predicted molar refractivity (Wildman–Crippen MR) is 80.0 cm³/mol. The Labute approximate surface area is 127 Å². The highest BCUT2D eigenvalue weighted by atomic mass is 32.2. The minimum absolute atomic E-state index is 0.0250. The number of rotatable bonds is 5. The molecule has 0 atom stereocenters. The van der Waals surface area contributed by atoms with E-state index in [0.717, 1.165) is 11.6 Å². The molecule has 0 fully saturated rings. The lowest BCUT2D eigenvalue weighted by Gasteiger charge is -2.13. The van der Waals surface area contributed by atoms with Gasteiger partial charge in [0.2, 0.25) is 10.0 Å². The molecule has 2 rings (SSSR count). The van der Waals surface area contributed by atoms with Crippen LogP contribution < -0.4 is 9.88 Å². The number of nitrogens with two attached hydrogens (primary N) is 1. The van der Waals surface area contributed by atoms with E-state index in [1.807, 2.05) is 30.3 Å². The lowest BCUT2D eigenvalue weighted by Crippen LogP contribution is -2.15. The molecule has 0 aliphatic rings. The van der Waals surface area contributed by atoms with Crippen LogP contribution in [0.4, 0.5) is 5.69 Å². The van der Waals surface area contributed by atoms with E-state index in [-0.39, 0.29) is 18.0 Å². The zero-order valence-corrected chi connectivity index (χ0v) is 12.5. The number of non-ortho nitro benzene ring substituents is 1.